The first-order chi connectivity index (χ1) is 14.8. The van der Waals surface area contributed by atoms with Crippen LogP contribution in [0.2, 0.25) is 0 Å². The summed E-state index contributed by atoms with van der Waals surface area (Å²) in [7, 11) is 0. The van der Waals surface area contributed by atoms with E-state index < -0.39 is 36.2 Å². The van der Waals surface area contributed by atoms with Crippen molar-refractivity contribution in [3.63, 3.8) is 0 Å². The van der Waals surface area contributed by atoms with Crippen LogP contribution < -0.4 is 10.6 Å². The Hall–Kier alpha value is -3.90. The smallest absolute Gasteiger partial charge is 0.408 e. The number of aliphatic hydroxyl groups excluding tert-OH is 1. The Bertz CT molecular complexity index is 955. The third-order valence-electron chi connectivity index (χ3n) is 4.36. The average molecular weight is 425 g/mol. The van der Waals surface area contributed by atoms with Gasteiger partial charge in [-0.25, -0.2) is 9.59 Å². The summed E-state index contributed by atoms with van der Waals surface area (Å²) in [6, 6.07) is 14.4. The largest absolute Gasteiger partial charge is 0.480 e. The van der Waals surface area contributed by atoms with Crippen LogP contribution in [0.25, 0.3) is 0 Å². The Balaban J connectivity index is 2.00. The van der Waals surface area contributed by atoms with Crippen molar-refractivity contribution in [2.24, 2.45) is 0 Å². The molecule has 162 valence electrons. The van der Waals surface area contributed by atoms with E-state index in [-0.39, 0.29) is 13.0 Å². The molecule has 9 nitrogen and oxygen atoms in total. The highest BCUT2D eigenvalue weighted by Gasteiger charge is 2.30. The Morgan fingerprint density at radius 1 is 1.06 bits per heavy atom. The molecular weight excluding hydrogens is 402 g/mol. The van der Waals surface area contributed by atoms with Gasteiger partial charge in [0.25, 0.3) is 0 Å². The van der Waals surface area contributed by atoms with Gasteiger partial charge in [0, 0.05) is 6.42 Å². The van der Waals surface area contributed by atoms with Crippen LogP contribution in [0.1, 0.15) is 23.6 Å². The van der Waals surface area contributed by atoms with Gasteiger partial charge in [-0.2, -0.15) is 5.26 Å². The first kappa shape index (κ1) is 23.4. The number of benzene rings is 2. The van der Waals surface area contributed by atoms with Crippen molar-refractivity contribution in [3.05, 3.63) is 71.3 Å². The van der Waals surface area contributed by atoms with Crippen molar-refractivity contribution in [3.8, 4) is 6.07 Å². The number of aliphatic carboxylic acids is 1. The standard InChI is InChI=1S/C22H23N3O6/c1-14(26)19(25-22(30)31-13-15-6-3-2-4-7-15)20(27)24-18(21(28)29)11-16-8-5-9-17(10-16)12-23/h2-10,14,18-19,26H,11,13H2,1H3,(H,24,27)(H,25,30)(H,28,29)/t14-,18-,19+/m1/s1. The predicted octanol–water partition coefficient (Wildman–Crippen LogP) is 1.35. The molecule has 0 bridgehead atoms. The summed E-state index contributed by atoms with van der Waals surface area (Å²) in [6.45, 7) is 1.25. The molecule has 0 aliphatic heterocycles. The van der Waals surface area contributed by atoms with E-state index in [1.54, 1.807) is 42.5 Å². The van der Waals surface area contributed by atoms with Crippen LogP contribution >= 0.6 is 0 Å². The van der Waals surface area contributed by atoms with Gasteiger partial charge >= 0.3 is 12.1 Å². The van der Waals surface area contributed by atoms with Crippen molar-refractivity contribution in [2.75, 3.05) is 0 Å². The maximum absolute atomic E-state index is 12.6. The normalized spacial score (nSPS) is 13.2. The summed E-state index contributed by atoms with van der Waals surface area (Å²) in [4.78, 5) is 36.2. The second kappa shape index (κ2) is 11.3. The molecule has 2 aromatic carbocycles. The second-order valence-electron chi connectivity index (χ2n) is 6.84. The van der Waals surface area contributed by atoms with Crippen LogP contribution in [0.4, 0.5) is 4.79 Å². The van der Waals surface area contributed by atoms with Gasteiger partial charge in [0.15, 0.2) is 0 Å². The van der Waals surface area contributed by atoms with Crippen molar-refractivity contribution in [2.45, 2.75) is 38.1 Å². The molecule has 0 aliphatic carbocycles. The molecule has 2 aromatic rings. The highest BCUT2D eigenvalue weighted by Crippen LogP contribution is 2.08. The van der Waals surface area contributed by atoms with Crippen LogP contribution in [0, 0.1) is 11.3 Å². The summed E-state index contributed by atoms with van der Waals surface area (Å²) in [5, 5.41) is 32.9. The number of nitrogens with one attached hydrogen (secondary N) is 2. The molecule has 0 fully saturated rings. The van der Waals surface area contributed by atoms with Gasteiger partial charge in [-0.05, 0) is 30.2 Å². The summed E-state index contributed by atoms with van der Waals surface area (Å²) < 4.78 is 5.04. The SMILES string of the molecule is C[C@@H](O)[C@H](NC(=O)OCc1ccccc1)C(=O)N[C@H](Cc1cccc(C#N)c1)C(=O)O. The minimum Gasteiger partial charge on any atom is -0.480 e. The topological polar surface area (TPSA) is 149 Å². The number of carbonyl (C=O) groups is 3. The van der Waals surface area contributed by atoms with E-state index in [9.17, 15) is 24.6 Å². The van der Waals surface area contributed by atoms with Gasteiger partial charge in [0.1, 0.15) is 18.7 Å². The number of carboxylic acid groups (broad SMARTS) is 1. The van der Waals surface area contributed by atoms with Gasteiger partial charge < -0.3 is 25.6 Å². The molecule has 31 heavy (non-hydrogen) atoms. The van der Waals surface area contributed by atoms with Crippen molar-refractivity contribution in [1.29, 1.82) is 5.26 Å². The number of nitriles is 1. The van der Waals surface area contributed by atoms with Gasteiger partial charge in [0.05, 0.1) is 17.7 Å². The number of carboxylic acids is 1. The lowest BCUT2D eigenvalue weighted by Crippen LogP contribution is -2.56. The van der Waals surface area contributed by atoms with Crippen LogP contribution in [-0.4, -0.2) is 46.4 Å². The van der Waals surface area contributed by atoms with E-state index in [2.05, 4.69) is 10.6 Å². The Morgan fingerprint density at radius 2 is 1.74 bits per heavy atom. The molecule has 2 rings (SSSR count). The third-order valence-corrected chi connectivity index (χ3v) is 4.36. The maximum Gasteiger partial charge on any atom is 0.408 e. The van der Waals surface area contributed by atoms with Crippen LogP contribution in [0.15, 0.2) is 54.6 Å². The van der Waals surface area contributed by atoms with Gasteiger partial charge in [-0.15, -0.1) is 0 Å². The molecule has 0 heterocycles. The summed E-state index contributed by atoms with van der Waals surface area (Å²) in [6.07, 6.45) is -2.32. The molecule has 0 aromatic heterocycles. The second-order valence-corrected chi connectivity index (χ2v) is 6.84. The Kier molecular flexibility index (Phi) is 8.54. The zero-order valence-corrected chi connectivity index (χ0v) is 16.8. The molecule has 0 saturated heterocycles. The van der Waals surface area contributed by atoms with Crippen molar-refractivity contribution < 1.29 is 29.3 Å². The van der Waals surface area contributed by atoms with E-state index >= 15 is 0 Å². The van der Waals surface area contributed by atoms with E-state index in [1.807, 2.05) is 12.1 Å². The molecule has 0 spiro atoms. The fourth-order valence-electron chi connectivity index (χ4n) is 2.76. The fourth-order valence-corrected chi connectivity index (χ4v) is 2.76. The highest BCUT2D eigenvalue weighted by molar-refractivity contribution is 5.89. The minimum atomic E-state index is -1.42. The first-order valence-corrected chi connectivity index (χ1v) is 9.47. The van der Waals surface area contributed by atoms with Crippen LogP contribution in [-0.2, 0) is 27.4 Å². The van der Waals surface area contributed by atoms with Crippen LogP contribution in [0.5, 0.6) is 0 Å². The van der Waals surface area contributed by atoms with Gasteiger partial charge in [-0.3, -0.25) is 4.79 Å². The Morgan fingerprint density at radius 3 is 2.35 bits per heavy atom. The van der Waals surface area contributed by atoms with Crippen molar-refractivity contribution >= 4 is 18.0 Å². The van der Waals surface area contributed by atoms with Crippen molar-refractivity contribution in [1.82, 2.24) is 10.6 Å². The molecule has 4 N–H and O–H groups in total. The molecule has 0 radical (unpaired) electrons. The highest BCUT2D eigenvalue weighted by atomic mass is 16.5. The number of aliphatic hydroxyl groups is 1. The number of nitrogens with zero attached hydrogens (tertiary/aromatic N) is 1. The predicted molar refractivity (Wildman–Crippen MR) is 110 cm³/mol. The van der Waals surface area contributed by atoms with E-state index in [1.165, 1.54) is 13.0 Å². The lowest BCUT2D eigenvalue weighted by molar-refractivity contribution is -0.142. The maximum atomic E-state index is 12.6. The first-order valence-electron chi connectivity index (χ1n) is 9.47. The summed E-state index contributed by atoms with van der Waals surface area (Å²) in [5.41, 5.74) is 1.63. The summed E-state index contributed by atoms with van der Waals surface area (Å²) in [5.74, 6) is -2.18. The average Bonchev–Trinajstić information content (AvgIpc) is 2.76. The number of alkyl carbamates (subject to hydrolysis) is 1. The van der Waals surface area contributed by atoms with Crippen LogP contribution in [0.3, 0.4) is 0 Å². The minimum absolute atomic E-state index is 0.0339. The summed E-state index contributed by atoms with van der Waals surface area (Å²) >= 11 is 0. The molecule has 0 aliphatic rings. The number of amides is 2. The lowest BCUT2D eigenvalue weighted by atomic mass is 10.0. The molecule has 2 amide bonds. The quantitative estimate of drug-likeness (QED) is 0.474. The van der Waals surface area contributed by atoms with E-state index in [0.29, 0.717) is 11.1 Å². The monoisotopic (exact) mass is 425 g/mol. The third kappa shape index (κ3) is 7.45. The molecule has 0 saturated carbocycles. The molecule has 9 heteroatoms. The zero-order chi connectivity index (χ0) is 22.8. The zero-order valence-electron chi connectivity index (χ0n) is 16.8. The fraction of sp³-hybridized carbons (Fsp3) is 0.273. The number of carbonyl (C=O) groups excluding carboxylic acids is 2. The molecular formula is C22H23N3O6. The number of hydrogen-bond donors (Lipinski definition) is 4. The number of ether oxygens (including phenoxy) is 1. The molecule has 0 unspecified atom stereocenters. The number of hydrogen-bond acceptors (Lipinski definition) is 6. The number of rotatable bonds is 9. The van der Waals surface area contributed by atoms with E-state index in [4.69, 9.17) is 10.00 Å². The lowest BCUT2D eigenvalue weighted by Gasteiger charge is -2.23. The molecule has 3 atom stereocenters. The van der Waals surface area contributed by atoms with Gasteiger partial charge in [-0.1, -0.05) is 42.5 Å². The Labute approximate surface area is 179 Å². The van der Waals surface area contributed by atoms with E-state index in [0.717, 1.165) is 5.56 Å². The van der Waals surface area contributed by atoms with Gasteiger partial charge in [0.2, 0.25) is 5.91 Å².